The van der Waals surface area contributed by atoms with Crippen LogP contribution in [0.3, 0.4) is 0 Å². The summed E-state index contributed by atoms with van der Waals surface area (Å²) in [4.78, 5) is 43.1. The molecule has 3 fully saturated rings. The number of carbonyl (C=O) groups excluding carboxylic acids is 3. The van der Waals surface area contributed by atoms with Crippen molar-refractivity contribution in [2.24, 2.45) is 17.8 Å². The highest BCUT2D eigenvalue weighted by Crippen LogP contribution is 2.68. The minimum Gasteiger partial charge on any atom is -0.396 e. The smallest absolute Gasteiger partial charge is 0.248 e. The highest BCUT2D eigenvalue weighted by Gasteiger charge is 2.75. The van der Waals surface area contributed by atoms with Crippen LogP contribution in [0.2, 0.25) is 0 Å². The Morgan fingerprint density at radius 1 is 1.11 bits per heavy atom. The molecule has 190 valence electrons. The van der Waals surface area contributed by atoms with E-state index < -0.39 is 22.6 Å². The number of nitrogens with zero attached hydrogens (tertiary/aromatic N) is 1. The molecule has 3 saturated heterocycles. The minimum absolute atomic E-state index is 0.0198. The third-order valence-electron chi connectivity index (χ3n) is 8.05. The van der Waals surface area contributed by atoms with Crippen LogP contribution < -0.4 is 10.6 Å². The third kappa shape index (κ3) is 3.91. The van der Waals surface area contributed by atoms with E-state index in [0.717, 1.165) is 23.2 Å². The molecule has 8 heteroatoms. The zero-order valence-electron chi connectivity index (χ0n) is 20.9. The van der Waals surface area contributed by atoms with Crippen molar-refractivity contribution in [3.05, 3.63) is 59.7 Å². The highest BCUT2D eigenvalue weighted by molar-refractivity contribution is 8.02. The van der Waals surface area contributed by atoms with E-state index in [1.165, 1.54) is 0 Å². The Labute approximate surface area is 216 Å². The van der Waals surface area contributed by atoms with Gasteiger partial charge >= 0.3 is 0 Å². The Balaban J connectivity index is 1.50. The average Bonchev–Trinajstić information content (AvgIpc) is 3.44. The fourth-order valence-corrected chi connectivity index (χ4v) is 8.84. The van der Waals surface area contributed by atoms with E-state index in [4.69, 9.17) is 0 Å². The summed E-state index contributed by atoms with van der Waals surface area (Å²) in [5.74, 6) is -1.53. The quantitative estimate of drug-likeness (QED) is 0.532. The number of hydrogen-bond donors (Lipinski definition) is 3. The van der Waals surface area contributed by atoms with Gasteiger partial charge in [0.15, 0.2) is 0 Å². The molecule has 3 amide bonds. The van der Waals surface area contributed by atoms with Crippen molar-refractivity contribution < 1.29 is 19.5 Å². The van der Waals surface area contributed by atoms with Crippen molar-refractivity contribution in [3.8, 4) is 0 Å². The molecule has 3 unspecified atom stereocenters. The molecule has 6 atom stereocenters. The van der Waals surface area contributed by atoms with Crippen molar-refractivity contribution in [1.82, 2.24) is 4.90 Å². The molecular formula is C28H33N3O4S. The van der Waals surface area contributed by atoms with Gasteiger partial charge in [0.05, 0.1) is 16.6 Å². The highest BCUT2D eigenvalue weighted by atomic mass is 32.2. The number of likely N-dealkylation sites (tertiary alicyclic amines) is 1. The lowest BCUT2D eigenvalue weighted by atomic mass is 9.66. The summed E-state index contributed by atoms with van der Waals surface area (Å²) in [6, 6.07) is 14.5. The second kappa shape index (κ2) is 9.56. The van der Waals surface area contributed by atoms with Crippen LogP contribution in [0, 0.1) is 31.6 Å². The summed E-state index contributed by atoms with van der Waals surface area (Å²) >= 11 is 1.65. The molecule has 0 saturated carbocycles. The first-order valence-electron chi connectivity index (χ1n) is 12.6. The Hall–Kier alpha value is -2.84. The Kier molecular flexibility index (Phi) is 6.59. The molecule has 0 aliphatic carbocycles. The average molecular weight is 508 g/mol. The number of fused-ring (bicyclic) bond motifs is 1. The van der Waals surface area contributed by atoms with Gasteiger partial charge in [0, 0.05) is 29.8 Å². The molecule has 36 heavy (non-hydrogen) atoms. The van der Waals surface area contributed by atoms with E-state index in [0.29, 0.717) is 12.1 Å². The van der Waals surface area contributed by atoms with Crippen LogP contribution in [0.5, 0.6) is 0 Å². The Bertz CT molecular complexity index is 1190. The molecule has 7 nitrogen and oxygen atoms in total. The SMILES string of the molecule is Cc1ccc(C)c(NC(=O)C2N(CCCO)C(=O)[C@@H]3[C@H](C(=O)Nc4ccccc4)[C@@H]4CC(C)C23S4)c1. The molecule has 0 radical (unpaired) electrons. The number of para-hydroxylation sites is 1. The molecule has 2 aromatic carbocycles. The first kappa shape index (κ1) is 24.8. The first-order valence-corrected chi connectivity index (χ1v) is 13.5. The van der Waals surface area contributed by atoms with Crippen LogP contribution >= 0.6 is 11.8 Å². The van der Waals surface area contributed by atoms with Crippen LogP contribution in [0.4, 0.5) is 11.4 Å². The molecular weight excluding hydrogens is 474 g/mol. The number of anilines is 2. The van der Waals surface area contributed by atoms with Crippen molar-refractivity contribution in [2.45, 2.75) is 49.7 Å². The number of aliphatic hydroxyl groups is 1. The molecule has 3 heterocycles. The molecule has 3 aliphatic rings. The van der Waals surface area contributed by atoms with E-state index in [2.05, 4.69) is 17.6 Å². The van der Waals surface area contributed by atoms with Gasteiger partial charge in [-0.1, -0.05) is 37.3 Å². The lowest BCUT2D eigenvalue weighted by Gasteiger charge is -2.38. The number of aryl methyl sites for hydroxylation is 2. The maximum absolute atomic E-state index is 14.0. The summed E-state index contributed by atoms with van der Waals surface area (Å²) in [5, 5.41) is 15.6. The van der Waals surface area contributed by atoms with Gasteiger partial charge in [0.2, 0.25) is 17.7 Å². The summed E-state index contributed by atoms with van der Waals surface area (Å²) < 4.78 is -0.683. The predicted molar refractivity (Wildman–Crippen MR) is 142 cm³/mol. The number of nitrogens with one attached hydrogen (secondary N) is 2. The van der Waals surface area contributed by atoms with Gasteiger partial charge in [-0.15, -0.1) is 11.8 Å². The number of hydrogen-bond acceptors (Lipinski definition) is 5. The third-order valence-corrected chi connectivity index (χ3v) is 10.1. The van der Waals surface area contributed by atoms with Gasteiger partial charge < -0.3 is 20.6 Å². The Morgan fingerprint density at radius 3 is 2.58 bits per heavy atom. The van der Waals surface area contributed by atoms with Crippen LogP contribution in [0.15, 0.2) is 48.5 Å². The van der Waals surface area contributed by atoms with Gasteiger partial charge in [-0.05, 0) is 61.9 Å². The lowest BCUT2D eigenvalue weighted by molar-refractivity contribution is -0.138. The topological polar surface area (TPSA) is 98.7 Å². The number of carbonyl (C=O) groups is 3. The van der Waals surface area contributed by atoms with E-state index >= 15 is 0 Å². The maximum atomic E-state index is 14.0. The number of benzene rings is 2. The predicted octanol–water partition coefficient (Wildman–Crippen LogP) is 3.60. The van der Waals surface area contributed by atoms with Crippen LogP contribution in [0.25, 0.3) is 0 Å². The number of thioether (sulfide) groups is 1. The second-order valence-corrected chi connectivity index (χ2v) is 11.9. The summed E-state index contributed by atoms with van der Waals surface area (Å²) in [5.41, 5.74) is 3.42. The molecule has 0 aromatic heterocycles. The summed E-state index contributed by atoms with van der Waals surface area (Å²) in [6.45, 7) is 6.23. The fourth-order valence-electron chi connectivity index (χ4n) is 6.42. The summed E-state index contributed by atoms with van der Waals surface area (Å²) in [7, 11) is 0. The van der Waals surface area contributed by atoms with Crippen molar-refractivity contribution >= 4 is 40.9 Å². The molecule has 3 N–H and O–H groups in total. The van der Waals surface area contributed by atoms with Gasteiger partial charge in [-0.3, -0.25) is 14.4 Å². The zero-order valence-corrected chi connectivity index (χ0v) is 21.7. The molecule has 2 aromatic rings. The standard InChI is InChI=1S/C28H33N3O4S/c1-16-10-11-17(2)20(14-16)30-26(34)24-28-18(3)15-21(36-28)22(23(28)27(35)31(24)12-7-13-32)25(33)29-19-8-5-4-6-9-19/h4-6,8-11,14,18,21-24,32H,7,12-13,15H2,1-3H3,(H,29,33)(H,30,34)/t18?,21-,22+,23-,24?,28?/m0/s1. The number of aliphatic hydroxyl groups excluding tert-OH is 1. The van der Waals surface area contributed by atoms with E-state index in [-0.39, 0.29) is 42.0 Å². The van der Waals surface area contributed by atoms with Crippen molar-refractivity contribution in [2.75, 3.05) is 23.8 Å². The fraction of sp³-hybridized carbons (Fsp3) is 0.464. The minimum atomic E-state index is -0.707. The van der Waals surface area contributed by atoms with E-state index in [9.17, 15) is 19.5 Å². The monoisotopic (exact) mass is 507 g/mol. The van der Waals surface area contributed by atoms with Gasteiger partial charge in [0.25, 0.3) is 0 Å². The van der Waals surface area contributed by atoms with E-state index in [1.807, 2.05) is 62.4 Å². The normalized spacial score (nSPS) is 30.4. The maximum Gasteiger partial charge on any atom is 0.248 e. The van der Waals surface area contributed by atoms with Crippen molar-refractivity contribution in [1.29, 1.82) is 0 Å². The Morgan fingerprint density at radius 2 is 1.86 bits per heavy atom. The number of amides is 3. The molecule has 3 aliphatic heterocycles. The molecule has 1 spiro atoms. The van der Waals surface area contributed by atoms with Crippen LogP contribution in [-0.4, -0.2) is 56.9 Å². The van der Waals surface area contributed by atoms with Crippen molar-refractivity contribution in [3.63, 3.8) is 0 Å². The van der Waals surface area contributed by atoms with Gasteiger partial charge in [0.1, 0.15) is 6.04 Å². The van der Waals surface area contributed by atoms with Gasteiger partial charge in [-0.2, -0.15) is 0 Å². The zero-order chi connectivity index (χ0) is 25.6. The second-order valence-electron chi connectivity index (χ2n) is 10.3. The van der Waals surface area contributed by atoms with Gasteiger partial charge in [-0.25, -0.2) is 0 Å². The summed E-state index contributed by atoms with van der Waals surface area (Å²) in [6.07, 6.45) is 1.16. The number of rotatable bonds is 7. The van der Waals surface area contributed by atoms with Crippen LogP contribution in [-0.2, 0) is 14.4 Å². The first-order chi connectivity index (χ1) is 17.3. The molecule has 2 bridgehead atoms. The molecule has 5 rings (SSSR count). The lowest BCUT2D eigenvalue weighted by Crippen LogP contribution is -2.55. The van der Waals surface area contributed by atoms with Crippen LogP contribution in [0.1, 0.15) is 30.9 Å². The van der Waals surface area contributed by atoms with E-state index in [1.54, 1.807) is 16.7 Å². The largest absolute Gasteiger partial charge is 0.396 e.